The molecule has 0 fully saturated rings. The Kier molecular flexibility index (Phi) is 3.58. The highest BCUT2D eigenvalue weighted by Crippen LogP contribution is 2.46. The molecular weight excluding hydrogens is 208 g/mol. The molecule has 1 heteroatoms. The lowest BCUT2D eigenvalue weighted by atomic mass is 9.67. The molecule has 1 aliphatic rings. The van der Waals surface area contributed by atoms with Crippen molar-refractivity contribution in [3.63, 3.8) is 0 Å². The van der Waals surface area contributed by atoms with Gasteiger partial charge in [0.2, 0.25) is 0 Å². The van der Waals surface area contributed by atoms with Gasteiger partial charge in [0.15, 0.2) is 0 Å². The van der Waals surface area contributed by atoms with Crippen LogP contribution in [0.15, 0.2) is 24.3 Å². The van der Waals surface area contributed by atoms with Gasteiger partial charge in [-0.1, -0.05) is 57.9 Å². The van der Waals surface area contributed by atoms with Crippen molar-refractivity contribution >= 4 is 0 Å². The zero-order valence-corrected chi connectivity index (χ0v) is 11.2. The maximum Gasteiger partial charge on any atom is 0.0927 e. The van der Waals surface area contributed by atoms with Crippen molar-refractivity contribution in [2.24, 2.45) is 5.92 Å². The fourth-order valence-corrected chi connectivity index (χ4v) is 3.44. The second-order valence-corrected chi connectivity index (χ2v) is 5.46. The van der Waals surface area contributed by atoms with E-state index in [1.165, 1.54) is 11.1 Å². The molecule has 1 nitrogen and oxygen atoms in total. The van der Waals surface area contributed by atoms with Crippen LogP contribution in [0.4, 0.5) is 0 Å². The van der Waals surface area contributed by atoms with Gasteiger partial charge in [-0.3, -0.25) is 0 Å². The summed E-state index contributed by atoms with van der Waals surface area (Å²) < 4.78 is 0. The summed E-state index contributed by atoms with van der Waals surface area (Å²) in [4.78, 5) is 0. The summed E-state index contributed by atoms with van der Waals surface area (Å²) in [5.41, 5.74) is 1.95. The first kappa shape index (κ1) is 12.6. The molecular formula is C16H24O. The van der Waals surface area contributed by atoms with Crippen molar-refractivity contribution in [1.29, 1.82) is 0 Å². The molecule has 1 aromatic carbocycles. The Morgan fingerprint density at radius 3 is 2.59 bits per heavy atom. The van der Waals surface area contributed by atoms with Crippen LogP contribution in [0, 0.1) is 5.92 Å². The van der Waals surface area contributed by atoms with E-state index >= 15 is 0 Å². The monoisotopic (exact) mass is 232 g/mol. The average molecular weight is 232 g/mol. The lowest BCUT2D eigenvalue weighted by Gasteiger charge is -2.42. The molecule has 0 aromatic heterocycles. The van der Waals surface area contributed by atoms with Crippen LogP contribution in [0.3, 0.4) is 0 Å². The maximum absolute atomic E-state index is 11.1. The minimum Gasteiger partial charge on any atom is -0.385 e. The van der Waals surface area contributed by atoms with E-state index in [0.717, 1.165) is 25.7 Å². The summed E-state index contributed by atoms with van der Waals surface area (Å²) in [6.45, 7) is 6.64. The third-order valence-corrected chi connectivity index (χ3v) is 4.58. The SMILES string of the molecule is CCC(CC)C1(O)CCC(C)c2ccccc21. The van der Waals surface area contributed by atoms with E-state index in [1.54, 1.807) is 0 Å². The van der Waals surface area contributed by atoms with Crippen LogP contribution >= 0.6 is 0 Å². The Morgan fingerprint density at radius 1 is 1.29 bits per heavy atom. The highest BCUT2D eigenvalue weighted by molar-refractivity contribution is 5.37. The van der Waals surface area contributed by atoms with Crippen LogP contribution in [0.5, 0.6) is 0 Å². The summed E-state index contributed by atoms with van der Waals surface area (Å²) in [7, 11) is 0. The van der Waals surface area contributed by atoms with Crippen LogP contribution < -0.4 is 0 Å². The van der Waals surface area contributed by atoms with Crippen molar-refractivity contribution in [3.05, 3.63) is 35.4 Å². The standard InChI is InChI=1S/C16H24O/c1-4-13(5-2)16(17)11-10-12(3)14-8-6-7-9-15(14)16/h6-9,12-13,17H,4-5,10-11H2,1-3H3. The van der Waals surface area contributed by atoms with Gasteiger partial charge in [-0.05, 0) is 35.8 Å². The summed E-state index contributed by atoms with van der Waals surface area (Å²) in [6, 6.07) is 8.47. The zero-order valence-electron chi connectivity index (χ0n) is 11.2. The first-order valence-electron chi connectivity index (χ1n) is 6.95. The molecule has 1 N–H and O–H groups in total. The number of hydrogen-bond donors (Lipinski definition) is 1. The van der Waals surface area contributed by atoms with E-state index in [0.29, 0.717) is 11.8 Å². The fourth-order valence-electron chi connectivity index (χ4n) is 3.44. The lowest BCUT2D eigenvalue weighted by Crippen LogP contribution is -2.38. The largest absolute Gasteiger partial charge is 0.385 e. The van der Waals surface area contributed by atoms with Crippen LogP contribution in [-0.2, 0) is 5.60 Å². The molecule has 2 atom stereocenters. The highest BCUT2D eigenvalue weighted by atomic mass is 16.3. The third-order valence-electron chi connectivity index (χ3n) is 4.58. The Bertz CT molecular complexity index is 381. The number of aliphatic hydroxyl groups is 1. The Morgan fingerprint density at radius 2 is 1.94 bits per heavy atom. The van der Waals surface area contributed by atoms with Crippen molar-refractivity contribution in [3.8, 4) is 0 Å². The molecule has 0 spiro atoms. The van der Waals surface area contributed by atoms with Crippen LogP contribution in [0.2, 0.25) is 0 Å². The van der Waals surface area contributed by atoms with Crippen molar-refractivity contribution in [1.82, 2.24) is 0 Å². The van der Waals surface area contributed by atoms with E-state index in [9.17, 15) is 5.11 Å². The molecule has 0 amide bonds. The summed E-state index contributed by atoms with van der Waals surface area (Å²) in [6.07, 6.45) is 4.12. The Balaban J connectivity index is 2.47. The first-order chi connectivity index (χ1) is 8.13. The minimum atomic E-state index is -0.591. The minimum absolute atomic E-state index is 0.385. The third kappa shape index (κ3) is 2.01. The molecule has 2 unspecified atom stereocenters. The Hall–Kier alpha value is -0.820. The smallest absolute Gasteiger partial charge is 0.0927 e. The predicted octanol–water partition coefficient (Wildman–Crippen LogP) is 4.21. The number of fused-ring (bicyclic) bond motifs is 1. The van der Waals surface area contributed by atoms with Gasteiger partial charge in [0.25, 0.3) is 0 Å². The highest BCUT2D eigenvalue weighted by Gasteiger charge is 2.41. The molecule has 2 rings (SSSR count). The molecule has 1 aromatic rings. The van der Waals surface area contributed by atoms with Crippen molar-refractivity contribution in [2.75, 3.05) is 0 Å². The van der Waals surface area contributed by atoms with E-state index < -0.39 is 5.60 Å². The molecule has 1 aliphatic carbocycles. The average Bonchev–Trinajstić information content (AvgIpc) is 2.36. The molecule has 0 saturated heterocycles. The molecule has 0 saturated carbocycles. The van der Waals surface area contributed by atoms with Crippen molar-refractivity contribution in [2.45, 2.75) is 58.0 Å². The van der Waals surface area contributed by atoms with E-state index in [4.69, 9.17) is 0 Å². The van der Waals surface area contributed by atoms with Crippen molar-refractivity contribution < 1.29 is 5.11 Å². The second-order valence-electron chi connectivity index (χ2n) is 5.46. The lowest BCUT2D eigenvalue weighted by molar-refractivity contribution is -0.0449. The number of rotatable bonds is 3. The van der Waals surface area contributed by atoms with E-state index in [-0.39, 0.29) is 0 Å². The van der Waals surface area contributed by atoms with Crippen LogP contribution in [-0.4, -0.2) is 5.11 Å². The van der Waals surface area contributed by atoms with Crippen LogP contribution in [0.1, 0.15) is 63.5 Å². The van der Waals surface area contributed by atoms with Gasteiger partial charge in [0, 0.05) is 0 Å². The summed E-state index contributed by atoms with van der Waals surface area (Å²) in [5.74, 6) is 0.969. The van der Waals surface area contributed by atoms with E-state index in [2.05, 4.69) is 45.0 Å². The normalized spacial score (nSPS) is 28.2. The number of benzene rings is 1. The van der Waals surface area contributed by atoms with Gasteiger partial charge >= 0.3 is 0 Å². The summed E-state index contributed by atoms with van der Waals surface area (Å²) >= 11 is 0. The molecule has 0 radical (unpaired) electrons. The molecule has 0 heterocycles. The summed E-state index contributed by atoms with van der Waals surface area (Å²) in [5, 5.41) is 11.1. The van der Waals surface area contributed by atoms with Gasteiger partial charge in [-0.2, -0.15) is 0 Å². The second kappa shape index (κ2) is 4.81. The number of hydrogen-bond acceptors (Lipinski definition) is 1. The predicted molar refractivity (Wildman–Crippen MR) is 72.1 cm³/mol. The fraction of sp³-hybridized carbons (Fsp3) is 0.625. The van der Waals surface area contributed by atoms with Gasteiger partial charge in [0.05, 0.1) is 5.60 Å². The van der Waals surface area contributed by atoms with Gasteiger partial charge in [-0.25, -0.2) is 0 Å². The van der Waals surface area contributed by atoms with Gasteiger partial charge in [-0.15, -0.1) is 0 Å². The zero-order chi connectivity index (χ0) is 12.5. The van der Waals surface area contributed by atoms with Crippen LogP contribution in [0.25, 0.3) is 0 Å². The Labute approximate surface area is 105 Å². The maximum atomic E-state index is 11.1. The molecule has 0 bridgehead atoms. The quantitative estimate of drug-likeness (QED) is 0.827. The first-order valence-corrected chi connectivity index (χ1v) is 6.95. The topological polar surface area (TPSA) is 20.2 Å². The molecule has 17 heavy (non-hydrogen) atoms. The molecule has 0 aliphatic heterocycles. The van der Waals surface area contributed by atoms with E-state index in [1.807, 2.05) is 0 Å². The molecule has 94 valence electrons. The van der Waals surface area contributed by atoms with Gasteiger partial charge < -0.3 is 5.11 Å². The van der Waals surface area contributed by atoms with Gasteiger partial charge in [0.1, 0.15) is 0 Å².